The summed E-state index contributed by atoms with van der Waals surface area (Å²) in [5.41, 5.74) is 2.04. The molecule has 88 valence electrons. The highest BCUT2D eigenvalue weighted by Crippen LogP contribution is 2.17. The van der Waals surface area contributed by atoms with Gasteiger partial charge in [-0.3, -0.25) is 0 Å². The van der Waals surface area contributed by atoms with Crippen molar-refractivity contribution in [1.29, 1.82) is 0 Å². The number of benzene rings is 1. The predicted octanol–water partition coefficient (Wildman–Crippen LogP) is 3.73. The van der Waals surface area contributed by atoms with Crippen molar-refractivity contribution in [2.75, 3.05) is 5.32 Å². The van der Waals surface area contributed by atoms with Gasteiger partial charge in [0, 0.05) is 22.0 Å². The van der Waals surface area contributed by atoms with Crippen molar-refractivity contribution < 1.29 is 0 Å². The van der Waals surface area contributed by atoms with Gasteiger partial charge in [0.25, 0.3) is 0 Å². The molecule has 3 nitrogen and oxygen atoms in total. The lowest BCUT2D eigenvalue weighted by Gasteiger charge is -2.07. The first-order chi connectivity index (χ1) is 8.19. The molecule has 0 fully saturated rings. The third kappa shape index (κ3) is 3.09. The molecule has 1 aromatic carbocycles. The number of anilines is 2. The molecule has 0 amide bonds. The molecule has 0 aliphatic heterocycles. The van der Waals surface area contributed by atoms with E-state index >= 15 is 0 Å². The Kier molecular flexibility index (Phi) is 3.83. The van der Waals surface area contributed by atoms with Crippen LogP contribution < -0.4 is 5.32 Å². The molecule has 4 heteroatoms. The van der Waals surface area contributed by atoms with Gasteiger partial charge in [0.15, 0.2) is 0 Å². The molecule has 0 aliphatic carbocycles. The van der Waals surface area contributed by atoms with E-state index in [2.05, 4.69) is 51.6 Å². The SMILES string of the molecule is C=CCn1cc(C)nc1Nc1ccc(I)cc1. The third-order valence-electron chi connectivity index (χ3n) is 2.32. The molecule has 0 bridgehead atoms. The van der Waals surface area contributed by atoms with Crippen molar-refractivity contribution in [3.8, 4) is 0 Å². The quantitative estimate of drug-likeness (QED) is 0.680. The van der Waals surface area contributed by atoms with Gasteiger partial charge < -0.3 is 9.88 Å². The molecular weight excluding hydrogens is 325 g/mol. The van der Waals surface area contributed by atoms with Gasteiger partial charge in [-0.15, -0.1) is 6.58 Å². The number of allylic oxidation sites excluding steroid dienone is 1. The van der Waals surface area contributed by atoms with Gasteiger partial charge in [-0.2, -0.15) is 0 Å². The van der Waals surface area contributed by atoms with E-state index in [1.165, 1.54) is 3.57 Å². The van der Waals surface area contributed by atoms with Crippen LogP contribution in [0.1, 0.15) is 5.69 Å². The van der Waals surface area contributed by atoms with Crippen LogP contribution in [-0.4, -0.2) is 9.55 Å². The van der Waals surface area contributed by atoms with E-state index in [4.69, 9.17) is 0 Å². The average Bonchev–Trinajstić information content (AvgIpc) is 2.63. The number of nitrogens with zero attached hydrogens (tertiary/aromatic N) is 2. The van der Waals surface area contributed by atoms with Crippen molar-refractivity contribution in [3.63, 3.8) is 0 Å². The monoisotopic (exact) mass is 339 g/mol. The molecule has 1 N–H and O–H groups in total. The summed E-state index contributed by atoms with van der Waals surface area (Å²) in [5.74, 6) is 0.851. The Labute approximate surface area is 115 Å². The van der Waals surface area contributed by atoms with Crippen LogP contribution in [0.2, 0.25) is 0 Å². The Balaban J connectivity index is 2.22. The molecule has 17 heavy (non-hydrogen) atoms. The van der Waals surface area contributed by atoms with Crippen LogP contribution >= 0.6 is 22.6 Å². The summed E-state index contributed by atoms with van der Waals surface area (Å²) in [5, 5.41) is 3.31. The number of hydrogen-bond acceptors (Lipinski definition) is 2. The fourth-order valence-corrected chi connectivity index (χ4v) is 1.95. The number of hydrogen-bond donors (Lipinski definition) is 1. The molecule has 0 aliphatic rings. The van der Waals surface area contributed by atoms with Crippen molar-refractivity contribution in [1.82, 2.24) is 9.55 Å². The van der Waals surface area contributed by atoms with E-state index in [0.29, 0.717) is 0 Å². The Bertz CT molecular complexity index is 514. The van der Waals surface area contributed by atoms with E-state index in [-0.39, 0.29) is 0 Å². The van der Waals surface area contributed by atoms with Crippen LogP contribution in [0.3, 0.4) is 0 Å². The van der Waals surface area contributed by atoms with Crippen molar-refractivity contribution in [2.45, 2.75) is 13.5 Å². The van der Waals surface area contributed by atoms with Crippen LogP contribution in [0.5, 0.6) is 0 Å². The normalized spacial score (nSPS) is 10.2. The lowest BCUT2D eigenvalue weighted by atomic mass is 10.3. The molecule has 0 saturated heterocycles. The van der Waals surface area contributed by atoms with E-state index < -0.39 is 0 Å². The molecule has 0 unspecified atom stereocenters. The lowest BCUT2D eigenvalue weighted by Crippen LogP contribution is -2.01. The molecule has 1 heterocycles. The van der Waals surface area contributed by atoms with Crippen molar-refractivity contribution >= 4 is 34.2 Å². The number of nitrogens with one attached hydrogen (secondary N) is 1. The molecular formula is C13H14IN3. The number of aromatic nitrogens is 2. The molecule has 0 saturated carbocycles. The summed E-state index contributed by atoms with van der Waals surface area (Å²) in [4.78, 5) is 4.45. The van der Waals surface area contributed by atoms with Crippen LogP contribution in [0.4, 0.5) is 11.6 Å². The highest BCUT2D eigenvalue weighted by atomic mass is 127. The number of rotatable bonds is 4. The highest BCUT2D eigenvalue weighted by Gasteiger charge is 2.04. The zero-order valence-electron chi connectivity index (χ0n) is 9.65. The van der Waals surface area contributed by atoms with Gasteiger partial charge in [0.1, 0.15) is 0 Å². The van der Waals surface area contributed by atoms with Gasteiger partial charge in [0.05, 0.1) is 5.69 Å². The minimum Gasteiger partial charge on any atom is -0.326 e. The second-order valence-corrected chi connectivity index (χ2v) is 5.02. The van der Waals surface area contributed by atoms with Gasteiger partial charge in [0.2, 0.25) is 5.95 Å². The molecule has 0 atom stereocenters. The summed E-state index contributed by atoms with van der Waals surface area (Å²) in [7, 11) is 0. The zero-order valence-corrected chi connectivity index (χ0v) is 11.8. The number of halogens is 1. The van der Waals surface area contributed by atoms with Crippen LogP contribution in [0.25, 0.3) is 0 Å². The van der Waals surface area contributed by atoms with Gasteiger partial charge in [-0.05, 0) is 53.8 Å². The molecule has 0 radical (unpaired) electrons. The maximum absolute atomic E-state index is 4.45. The first kappa shape index (κ1) is 12.2. The summed E-state index contributed by atoms with van der Waals surface area (Å²) in [6, 6.07) is 8.22. The summed E-state index contributed by atoms with van der Waals surface area (Å²) in [6.45, 7) is 6.49. The maximum Gasteiger partial charge on any atom is 0.207 e. The largest absolute Gasteiger partial charge is 0.326 e. The fraction of sp³-hybridized carbons (Fsp3) is 0.154. The minimum absolute atomic E-state index is 0.757. The fourth-order valence-electron chi connectivity index (χ4n) is 1.59. The molecule has 0 spiro atoms. The first-order valence-corrected chi connectivity index (χ1v) is 6.44. The Hall–Kier alpha value is -1.30. The van der Waals surface area contributed by atoms with Crippen LogP contribution in [-0.2, 0) is 6.54 Å². The average molecular weight is 339 g/mol. The lowest BCUT2D eigenvalue weighted by molar-refractivity contribution is 0.832. The van der Waals surface area contributed by atoms with E-state index in [0.717, 1.165) is 23.9 Å². The van der Waals surface area contributed by atoms with E-state index in [9.17, 15) is 0 Å². The molecule has 2 rings (SSSR count). The maximum atomic E-state index is 4.45. The standard InChI is InChI=1S/C13H14IN3/c1-3-8-17-9-10(2)15-13(17)16-12-6-4-11(14)5-7-12/h3-7,9H,1,8H2,2H3,(H,15,16). The van der Waals surface area contributed by atoms with E-state index in [1.807, 2.05) is 35.9 Å². The number of aryl methyl sites for hydroxylation is 1. The third-order valence-corrected chi connectivity index (χ3v) is 3.04. The Morgan fingerprint density at radius 1 is 1.41 bits per heavy atom. The second-order valence-electron chi connectivity index (χ2n) is 3.78. The van der Waals surface area contributed by atoms with Crippen molar-refractivity contribution in [2.24, 2.45) is 0 Å². The topological polar surface area (TPSA) is 29.9 Å². The minimum atomic E-state index is 0.757. The van der Waals surface area contributed by atoms with Crippen LogP contribution in [0, 0.1) is 10.5 Å². The van der Waals surface area contributed by atoms with Gasteiger partial charge in [-0.25, -0.2) is 4.98 Å². The Morgan fingerprint density at radius 3 is 2.76 bits per heavy atom. The molecule has 1 aromatic heterocycles. The second kappa shape index (κ2) is 5.35. The number of imidazole rings is 1. The van der Waals surface area contributed by atoms with Crippen molar-refractivity contribution in [3.05, 3.63) is 52.4 Å². The highest BCUT2D eigenvalue weighted by molar-refractivity contribution is 14.1. The molecule has 2 aromatic rings. The Morgan fingerprint density at radius 2 is 2.12 bits per heavy atom. The van der Waals surface area contributed by atoms with Gasteiger partial charge in [-0.1, -0.05) is 6.08 Å². The summed E-state index contributed by atoms with van der Waals surface area (Å²) >= 11 is 2.29. The smallest absolute Gasteiger partial charge is 0.207 e. The summed E-state index contributed by atoms with van der Waals surface area (Å²) < 4.78 is 3.26. The van der Waals surface area contributed by atoms with E-state index in [1.54, 1.807) is 0 Å². The van der Waals surface area contributed by atoms with Crippen LogP contribution in [0.15, 0.2) is 43.1 Å². The first-order valence-electron chi connectivity index (χ1n) is 5.36. The predicted molar refractivity (Wildman–Crippen MR) is 79.6 cm³/mol. The zero-order chi connectivity index (χ0) is 12.3. The van der Waals surface area contributed by atoms with Gasteiger partial charge >= 0.3 is 0 Å². The summed E-state index contributed by atoms with van der Waals surface area (Å²) in [6.07, 6.45) is 3.87.